The maximum atomic E-state index is 12.5. The summed E-state index contributed by atoms with van der Waals surface area (Å²) < 4.78 is 27.8. The highest BCUT2D eigenvalue weighted by Gasteiger charge is 2.23. The van der Waals surface area contributed by atoms with E-state index in [4.69, 9.17) is 11.6 Å². The first-order valence-corrected chi connectivity index (χ1v) is 12.4. The predicted molar refractivity (Wildman–Crippen MR) is 120 cm³/mol. The van der Waals surface area contributed by atoms with E-state index in [-0.39, 0.29) is 11.4 Å². The van der Waals surface area contributed by atoms with Gasteiger partial charge in [-0.3, -0.25) is 0 Å². The van der Waals surface area contributed by atoms with Gasteiger partial charge in [0.1, 0.15) is 0 Å². The molecule has 1 N–H and O–H groups in total. The molecule has 1 aliphatic carbocycles. The van der Waals surface area contributed by atoms with Crippen LogP contribution in [0.15, 0.2) is 47.4 Å². The molecular weight excluding hydrogens is 404 g/mol. The Labute approximate surface area is 180 Å². The number of nitrogens with zero attached hydrogens (tertiary/aromatic N) is 1. The minimum Gasteiger partial charge on any atom is -0.300 e. The molecule has 6 heteroatoms. The van der Waals surface area contributed by atoms with Crippen molar-refractivity contribution in [2.24, 2.45) is 0 Å². The first kappa shape index (κ1) is 22.3. The van der Waals surface area contributed by atoms with Crippen molar-refractivity contribution in [3.63, 3.8) is 0 Å². The Morgan fingerprint density at radius 3 is 2.38 bits per heavy atom. The fourth-order valence-electron chi connectivity index (χ4n) is 4.14. The summed E-state index contributed by atoms with van der Waals surface area (Å²) in [6.07, 6.45) is 5.70. The standard InChI is InChI=1S/C23H31ClN2O2S/c1-3-13-26(14-4-2)22-10-7-19-6-5-18(15-20(19)16-22)17-25-29(27,28)23-11-8-21(24)9-12-23/h5-6,8-9,11-12,15,22,25H,3-4,7,10,13-14,16-17H2,1-2H3. The largest absolute Gasteiger partial charge is 0.300 e. The molecule has 29 heavy (non-hydrogen) atoms. The highest BCUT2D eigenvalue weighted by Crippen LogP contribution is 2.26. The summed E-state index contributed by atoms with van der Waals surface area (Å²) in [6.45, 7) is 7.06. The molecule has 0 aromatic heterocycles. The number of benzene rings is 2. The van der Waals surface area contributed by atoms with Crippen LogP contribution in [0.3, 0.4) is 0 Å². The van der Waals surface area contributed by atoms with Crippen LogP contribution >= 0.6 is 11.6 Å². The van der Waals surface area contributed by atoms with Gasteiger partial charge in [0, 0.05) is 17.6 Å². The number of aryl methyl sites for hydroxylation is 1. The molecule has 0 aliphatic heterocycles. The van der Waals surface area contributed by atoms with E-state index < -0.39 is 10.0 Å². The van der Waals surface area contributed by atoms with Crippen LogP contribution in [-0.4, -0.2) is 32.4 Å². The van der Waals surface area contributed by atoms with Crippen LogP contribution in [0, 0.1) is 0 Å². The summed E-state index contributed by atoms with van der Waals surface area (Å²) in [5.74, 6) is 0. The number of nitrogens with one attached hydrogen (secondary N) is 1. The van der Waals surface area contributed by atoms with Crippen molar-refractivity contribution in [3.05, 3.63) is 64.2 Å². The van der Waals surface area contributed by atoms with Gasteiger partial charge in [-0.2, -0.15) is 0 Å². The third kappa shape index (κ3) is 5.82. The van der Waals surface area contributed by atoms with Crippen molar-refractivity contribution in [2.75, 3.05) is 13.1 Å². The molecule has 0 heterocycles. The zero-order chi connectivity index (χ0) is 20.9. The number of hydrogen-bond acceptors (Lipinski definition) is 3. The first-order chi connectivity index (χ1) is 13.9. The Hall–Kier alpha value is -1.40. The first-order valence-electron chi connectivity index (χ1n) is 10.5. The Morgan fingerprint density at radius 2 is 1.72 bits per heavy atom. The molecule has 0 spiro atoms. The van der Waals surface area contributed by atoms with Crippen molar-refractivity contribution in [2.45, 2.75) is 63.4 Å². The number of fused-ring (bicyclic) bond motifs is 1. The van der Waals surface area contributed by atoms with Gasteiger partial charge < -0.3 is 4.90 Å². The van der Waals surface area contributed by atoms with Crippen LogP contribution in [0.5, 0.6) is 0 Å². The molecule has 0 amide bonds. The Kier molecular flexibility index (Phi) is 7.74. The van der Waals surface area contributed by atoms with Crippen molar-refractivity contribution in [1.29, 1.82) is 0 Å². The normalized spacial score (nSPS) is 16.8. The van der Waals surface area contributed by atoms with Crippen LogP contribution < -0.4 is 4.72 Å². The Bertz CT molecular complexity index is 907. The van der Waals surface area contributed by atoms with Crippen LogP contribution in [0.1, 0.15) is 49.8 Å². The van der Waals surface area contributed by atoms with Crippen molar-refractivity contribution in [1.82, 2.24) is 9.62 Å². The third-order valence-corrected chi connectivity index (χ3v) is 7.27. The fraction of sp³-hybridized carbons (Fsp3) is 0.478. The average molecular weight is 435 g/mol. The number of sulfonamides is 1. The molecule has 0 saturated carbocycles. The second-order valence-electron chi connectivity index (χ2n) is 7.81. The maximum Gasteiger partial charge on any atom is 0.240 e. The zero-order valence-corrected chi connectivity index (χ0v) is 18.9. The van der Waals surface area contributed by atoms with Crippen LogP contribution in [0.25, 0.3) is 0 Å². The quantitative estimate of drug-likeness (QED) is 0.616. The molecule has 2 aromatic rings. The summed E-state index contributed by atoms with van der Waals surface area (Å²) in [5.41, 5.74) is 3.76. The lowest BCUT2D eigenvalue weighted by molar-refractivity contribution is 0.180. The molecule has 0 radical (unpaired) electrons. The second-order valence-corrected chi connectivity index (χ2v) is 10.0. The maximum absolute atomic E-state index is 12.5. The van der Waals surface area contributed by atoms with Gasteiger partial charge in [0.2, 0.25) is 10.0 Å². The SMILES string of the molecule is CCCN(CCC)C1CCc2ccc(CNS(=O)(=O)c3ccc(Cl)cc3)cc2C1. The summed E-state index contributed by atoms with van der Waals surface area (Å²) in [4.78, 5) is 2.86. The van der Waals surface area contributed by atoms with Crippen LogP contribution in [-0.2, 0) is 29.4 Å². The summed E-state index contributed by atoms with van der Waals surface area (Å²) in [7, 11) is -3.55. The van der Waals surface area contributed by atoms with E-state index in [0.29, 0.717) is 11.1 Å². The topological polar surface area (TPSA) is 49.4 Å². The van der Waals surface area contributed by atoms with Gasteiger partial charge in [-0.25, -0.2) is 13.1 Å². The minimum absolute atomic E-state index is 0.231. The Morgan fingerprint density at radius 1 is 1.03 bits per heavy atom. The number of rotatable bonds is 9. The van der Waals surface area contributed by atoms with Gasteiger partial charge in [0.15, 0.2) is 0 Å². The summed E-state index contributed by atoms with van der Waals surface area (Å²) in [6, 6.07) is 13.2. The van der Waals surface area contributed by atoms with E-state index in [1.54, 1.807) is 12.1 Å². The van der Waals surface area contributed by atoms with Gasteiger partial charge in [-0.1, -0.05) is 43.6 Å². The number of hydrogen-bond donors (Lipinski definition) is 1. The van der Waals surface area contributed by atoms with Crippen molar-refractivity contribution >= 4 is 21.6 Å². The average Bonchev–Trinajstić information content (AvgIpc) is 2.72. The van der Waals surface area contributed by atoms with E-state index in [1.165, 1.54) is 42.5 Å². The summed E-state index contributed by atoms with van der Waals surface area (Å²) >= 11 is 5.86. The molecule has 0 saturated heterocycles. The lowest BCUT2D eigenvalue weighted by Crippen LogP contribution is -2.40. The minimum atomic E-state index is -3.55. The van der Waals surface area contributed by atoms with Crippen LogP contribution in [0.2, 0.25) is 5.02 Å². The second kappa shape index (κ2) is 10.1. The fourth-order valence-corrected chi connectivity index (χ4v) is 5.28. The van der Waals surface area contributed by atoms with Gasteiger partial charge in [-0.15, -0.1) is 0 Å². The van der Waals surface area contributed by atoms with E-state index in [2.05, 4.69) is 35.6 Å². The molecular formula is C23H31ClN2O2S. The lowest BCUT2D eigenvalue weighted by Gasteiger charge is -2.35. The number of halogens is 1. The smallest absolute Gasteiger partial charge is 0.240 e. The van der Waals surface area contributed by atoms with E-state index >= 15 is 0 Å². The summed E-state index contributed by atoms with van der Waals surface area (Å²) in [5, 5.41) is 0.522. The molecule has 0 bridgehead atoms. The van der Waals surface area contributed by atoms with Crippen molar-refractivity contribution in [3.8, 4) is 0 Å². The molecule has 158 valence electrons. The van der Waals surface area contributed by atoms with Gasteiger partial charge >= 0.3 is 0 Å². The zero-order valence-electron chi connectivity index (χ0n) is 17.3. The lowest BCUT2D eigenvalue weighted by atomic mass is 9.86. The van der Waals surface area contributed by atoms with E-state index in [9.17, 15) is 8.42 Å². The van der Waals surface area contributed by atoms with Crippen LogP contribution in [0.4, 0.5) is 0 Å². The highest BCUT2D eigenvalue weighted by molar-refractivity contribution is 7.89. The molecule has 1 atom stereocenters. The molecule has 1 unspecified atom stereocenters. The van der Waals surface area contributed by atoms with Crippen molar-refractivity contribution < 1.29 is 8.42 Å². The monoisotopic (exact) mass is 434 g/mol. The molecule has 3 rings (SSSR count). The molecule has 2 aromatic carbocycles. The van der Waals surface area contributed by atoms with E-state index in [0.717, 1.165) is 31.5 Å². The molecule has 1 aliphatic rings. The molecule has 0 fully saturated rings. The van der Waals surface area contributed by atoms with Gasteiger partial charge in [0.05, 0.1) is 4.90 Å². The predicted octanol–water partition coefficient (Wildman–Crippen LogP) is 4.80. The highest BCUT2D eigenvalue weighted by atomic mass is 35.5. The molecule has 4 nitrogen and oxygen atoms in total. The van der Waals surface area contributed by atoms with Gasteiger partial charge in [-0.05, 0) is 86.1 Å². The third-order valence-electron chi connectivity index (χ3n) is 5.60. The Balaban J connectivity index is 1.69. The van der Waals surface area contributed by atoms with Gasteiger partial charge in [0.25, 0.3) is 0 Å². The van der Waals surface area contributed by atoms with E-state index in [1.807, 2.05) is 6.07 Å².